The molecule has 2 nitrogen and oxygen atoms in total. The molecule has 40 heavy (non-hydrogen) atoms. The fourth-order valence-electron chi connectivity index (χ4n) is 5.62. The lowest BCUT2D eigenvalue weighted by atomic mass is 10.1. The molecular formula is C36H24N2S2. The van der Waals surface area contributed by atoms with E-state index in [0.717, 1.165) is 28.4 Å². The Morgan fingerprint density at radius 3 is 1.57 bits per heavy atom. The van der Waals surface area contributed by atoms with Crippen molar-refractivity contribution in [3.63, 3.8) is 0 Å². The summed E-state index contributed by atoms with van der Waals surface area (Å²) in [6.07, 6.45) is 0. The molecule has 0 aliphatic rings. The van der Waals surface area contributed by atoms with E-state index in [1.54, 1.807) is 0 Å². The monoisotopic (exact) mass is 548 g/mol. The van der Waals surface area contributed by atoms with Crippen LogP contribution in [0.5, 0.6) is 0 Å². The van der Waals surface area contributed by atoms with Gasteiger partial charge in [0, 0.05) is 48.0 Å². The van der Waals surface area contributed by atoms with E-state index in [-0.39, 0.29) is 0 Å². The van der Waals surface area contributed by atoms with Gasteiger partial charge in [0.15, 0.2) is 0 Å². The molecule has 190 valence electrons. The third kappa shape index (κ3) is 3.84. The molecule has 0 fully saturated rings. The summed E-state index contributed by atoms with van der Waals surface area (Å²) in [5, 5.41) is 8.99. The second-order valence-corrected chi connectivity index (χ2v) is 12.0. The average Bonchev–Trinajstić information content (AvgIpc) is 3.58. The summed E-state index contributed by atoms with van der Waals surface area (Å²) in [6.45, 7) is 0. The number of anilines is 5. The average molecular weight is 549 g/mol. The molecule has 0 unspecified atom stereocenters. The number of hydrogen-bond donors (Lipinski definition) is 1. The Hall–Kier alpha value is -4.64. The molecule has 0 saturated heterocycles. The fourth-order valence-corrected chi connectivity index (χ4v) is 7.94. The smallest absolute Gasteiger partial charge is 0.0590 e. The zero-order valence-electron chi connectivity index (χ0n) is 21.5. The summed E-state index contributed by atoms with van der Waals surface area (Å²) in [5.74, 6) is 0. The van der Waals surface area contributed by atoms with Gasteiger partial charge in [0.1, 0.15) is 0 Å². The lowest BCUT2D eigenvalue weighted by molar-refractivity contribution is 1.29. The van der Waals surface area contributed by atoms with Crippen LogP contribution >= 0.6 is 22.7 Å². The van der Waals surface area contributed by atoms with Crippen LogP contribution in [0.15, 0.2) is 140 Å². The van der Waals surface area contributed by atoms with Crippen molar-refractivity contribution < 1.29 is 0 Å². The Morgan fingerprint density at radius 2 is 0.925 bits per heavy atom. The van der Waals surface area contributed by atoms with Crippen LogP contribution in [0.2, 0.25) is 0 Å². The Bertz CT molecular complexity index is 2100. The minimum absolute atomic E-state index is 1.14. The Balaban J connectivity index is 1.26. The minimum Gasteiger partial charge on any atom is -0.353 e. The first-order valence-electron chi connectivity index (χ1n) is 13.4. The first-order valence-corrected chi connectivity index (χ1v) is 15.0. The predicted molar refractivity (Wildman–Crippen MR) is 177 cm³/mol. The van der Waals surface area contributed by atoms with Gasteiger partial charge in [-0.2, -0.15) is 0 Å². The summed E-state index contributed by atoms with van der Waals surface area (Å²) in [7, 11) is 0. The van der Waals surface area contributed by atoms with E-state index in [1.807, 2.05) is 22.7 Å². The van der Waals surface area contributed by atoms with E-state index in [1.165, 1.54) is 40.3 Å². The highest BCUT2D eigenvalue weighted by molar-refractivity contribution is 7.27. The van der Waals surface area contributed by atoms with Gasteiger partial charge in [0.2, 0.25) is 0 Å². The molecule has 4 heteroatoms. The molecule has 0 aliphatic heterocycles. The van der Waals surface area contributed by atoms with Gasteiger partial charge in [0.05, 0.1) is 20.8 Å². The van der Waals surface area contributed by atoms with Crippen molar-refractivity contribution in [3.05, 3.63) is 140 Å². The molecule has 0 aliphatic carbocycles. The molecular weight excluding hydrogens is 525 g/mol. The third-order valence-corrected chi connectivity index (χ3v) is 9.88. The number of fused-ring (bicyclic) bond motifs is 6. The van der Waals surface area contributed by atoms with Crippen LogP contribution in [-0.2, 0) is 0 Å². The van der Waals surface area contributed by atoms with Crippen molar-refractivity contribution in [2.75, 3.05) is 10.2 Å². The van der Waals surface area contributed by atoms with Crippen LogP contribution in [0.3, 0.4) is 0 Å². The van der Waals surface area contributed by atoms with E-state index < -0.39 is 0 Å². The number of hydrogen-bond acceptors (Lipinski definition) is 4. The maximum atomic E-state index is 3.81. The zero-order chi connectivity index (χ0) is 26.5. The molecule has 0 saturated carbocycles. The SMILES string of the molecule is c1ccc(N(c2ccccc2)c2ccc3sc4c(Nc5cccc6c5sc5ccccc56)cccc4c3c2)cc1. The topological polar surface area (TPSA) is 15.3 Å². The second kappa shape index (κ2) is 9.53. The van der Waals surface area contributed by atoms with Crippen molar-refractivity contribution in [3.8, 4) is 0 Å². The first-order chi connectivity index (χ1) is 19.8. The first kappa shape index (κ1) is 23.3. The van der Waals surface area contributed by atoms with E-state index in [4.69, 9.17) is 0 Å². The minimum atomic E-state index is 1.14. The molecule has 2 heterocycles. The van der Waals surface area contributed by atoms with Crippen molar-refractivity contribution in [2.24, 2.45) is 0 Å². The number of nitrogens with one attached hydrogen (secondary N) is 1. The van der Waals surface area contributed by atoms with Gasteiger partial charge >= 0.3 is 0 Å². The van der Waals surface area contributed by atoms with Gasteiger partial charge in [-0.05, 0) is 60.7 Å². The molecule has 2 aromatic heterocycles. The van der Waals surface area contributed by atoms with Gasteiger partial charge in [-0.25, -0.2) is 0 Å². The highest BCUT2D eigenvalue weighted by Gasteiger charge is 2.16. The van der Waals surface area contributed by atoms with Crippen molar-refractivity contribution >= 4 is 91.5 Å². The number of thiophene rings is 2. The number of nitrogens with zero attached hydrogens (tertiary/aromatic N) is 1. The van der Waals surface area contributed by atoms with Gasteiger partial charge in [-0.1, -0.05) is 78.9 Å². The Labute approximate surface area is 240 Å². The second-order valence-electron chi connectivity index (χ2n) is 9.88. The quantitative estimate of drug-likeness (QED) is 0.230. The van der Waals surface area contributed by atoms with Gasteiger partial charge in [-0.3, -0.25) is 0 Å². The summed E-state index contributed by atoms with van der Waals surface area (Å²) in [6, 6.07) is 49.9. The maximum Gasteiger partial charge on any atom is 0.0590 e. The predicted octanol–water partition coefficient (Wildman–Crippen LogP) is 11.6. The molecule has 0 amide bonds. The van der Waals surface area contributed by atoms with E-state index in [9.17, 15) is 0 Å². The number of para-hydroxylation sites is 2. The Kier molecular flexibility index (Phi) is 5.54. The van der Waals surface area contributed by atoms with Crippen LogP contribution in [0.25, 0.3) is 40.3 Å². The van der Waals surface area contributed by atoms with E-state index in [0.29, 0.717) is 0 Å². The zero-order valence-corrected chi connectivity index (χ0v) is 23.2. The van der Waals surface area contributed by atoms with Crippen LogP contribution in [0.1, 0.15) is 0 Å². The van der Waals surface area contributed by atoms with Gasteiger partial charge in [-0.15, -0.1) is 22.7 Å². The molecule has 0 radical (unpaired) electrons. The Morgan fingerprint density at radius 1 is 0.400 bits per heavy atom. The highest BCUT2D eigenvalue weighted by Crippen LogP contribution is 2.44. The van der Waals surface area contributed by atoms with E-state index >= 15 is 0 Å². The van der Waals surface area contributed by atoms with Crippen molar-refractivity contribution in [2.45, 2.75) is 0 Å². The van der Waals surface area contributed by atoms with Crippen LogP contribution in [0, 0.1) is 0 Å². The molecule has 8 rings (SSSR count). The third-order valence-electron chi connectivity index (χ3n) is 7.44. The highest BCUT2D eigenvalue weighted by atomic mass is 32.1. The van der Waals surface area contributed by atoms with Gasteiger partial charge < -0.3 is 10.2 Å². The summed E-state index contributed by atoms with van der Waals surface area (Å²) < 4.78 is 5.18. The summed E-state index contributed by atoms with van der Waals surface area (Å²) in [5.41, 5.74) is 5.74. The number of rotatable bonds is 5. The normalized spacial score (nSPS) is 11.5. The van der Waals surface area contributed by atoms with Gasteiger partial charge in [0.25, 0.3) is 0 Å². The fraction of sp³-hybridized carbons (Fsp3) is 0. The lowest BCUT2D eigenvalue weighted by Gasteiger charge is -2.25. The summed E-state index contributed by atoms with van der Waals surface area (Å²) in [4.78, 5) is 2.33. The van der Waals surface area contributed by atoms with E-state index in [2.05, 4.69) is 150 Å². The van der Waals surface area contributed by atoms with Crippen molar-refractivity contribution in [1.29, 1.82) is 0 Å². The molecule has 6 aromatic carbocycles. The standard InChI is InChI=1S/C36H24N2S2/c1-3-11-24(12-4-1)38(25-13-5-2-6-14-25)26-21-22-34-30(23-26)29-17-10-19-32(36(29)40-34)37-31-18-9-16-28-27-15-7-8-20-33(27)39-35(28)31/h1-23,37H. The lowest BCUT2D eigenvalue weighted by Crippen LogP contribution is -2.09. The molecule has 0 spiro atoms. The molecule has 0 atom stereocenters. The molecule has 0 bridgehead atoms. The van der Waals surface area contributed by atoms with Crippen LogP contribution < -0.4 is 10.2 Å². The molecule has 8 aromatic rings. The largest absolute Gasteiger partial charge is 0.353 e. The van der Waals surface area contributed by atoms with Crippen LogP contribution in [-0.4, -0.2) is 0 Å². The number of benzene rings is 6. The molecule has 1 N–H and O–H groups in total. The summed E-state index contributed by atoms with van der Waals surface area (Å²) >= 11 is 3.71. The van der Waals surface area contributed by atoms with Crippen molar-refractivity contribution in [1.82, 2.24) is 0 Å². The maximum absolute atomic E-state index is 3.81. The van der Waals surface area contributed by atoms with Crippen LogP contribution in [0.4, 0.5) is 28.4 Å².